The third-order valence-electron chi connectivity index (χ3n) is 5.47. The number of nitrogens with zero attached hydrogens (tertiary/aromatic N) is 2. The van der Waals surface area contributed by atoms with Gasteiger partial charge in [-0.05, 0) is 37.0 Å². The number of hydrogen-bond acceptors (Lipinski definition) is 3. The average Bonchev–Trinajstić information content (AvgIpc) is 3.17. The molecule has 0 radical (unpaired) electrons. The second-order valence-electron chi connectivity index (χ2n) is 9.08. The molecule has 2 aromatic rings. The standard InChI is InChI=1S/C27H40N2O3/c1-5-6-7-8-12-15-26(30)28(18-22(2)3)21-27(31)29(19-24-13-10-9-11-14-24)20-25-17-16-23(4)32-25/h9-11,13-14,16-17,22H,5-8,12,15,18-21H2,1-4H3. The molecule has 0 bridgehead atoms. The number of carbonyl (C=O) groups is 2. The van der Waals surface area contributed by atoms with Crippen LogP contribution in [0, 0.1) is 12.8 Å². The van der Waals surface area contributed by atoms with Gasteiger partial charge in [-0.3, -0.25) is 9.59 Å². The Kier molecular flexibility index (Phi) is 11.1. The molecule has 0 aliphatic carbocycles. The van der Waals surface area contributed by atoms with Gasteiger partial charge in [-0.15, -0.1) is 0 Å². The Morgan fingerprint density at radius 1 is 0.875 bits per heavy atom. The van der Waals surface area contributed by atoms with Crippen molar-refractivity contribution in [3.63, 3.8) is 0 Å². The van der Waals surface area contributed by atoms with Crippen LogP contribution in [0.25, 0.3) is 0 Å². The summed E-state index contributed by atoms with van der Waals surface area (Å²) in [6, 6.07) is 13.8. The van der Waals surface area contributed by atoms with E-state index in [0.29, 0.717) is 32.0 Å². The average molecular weight is 441 g/mol. The van der Waals surface area contributed by atoms with Gasteiger partial charge < -0.3 is 14.2 Å². The molecule has 0 aliphatic heterocycles. The molecule has 0 saturated heterocycles. The molecule has 0 unspecified atom stereocenters. The van der Waals surface area contributed by atoms with E-state index in [4.69, 9.17) is 4.42 Å². The van der Waals surface area contributed by atoms with E-state index in [-0.39, 0.29) is 18.4 Å². The van der Waals surface area contributed by atoms with Crippen LogP contribution in [0.5, 0.6) is 0 Å². The van der Waals surface area contributed by atoms with Crippen LogP contribution in [-0.2, 0) is 22.7 Å². The topological polar surface area (TPSA) is 53.8 Å². The van der Waals surface area contributed by atoms with Gasteiger partial charge in [-0.1, -0.05) is 76.8 Å². The van der Waals surface area contributed by atoms with Crippen molar-refractivity contribution in [2.45, 2.75) is 79.3 Å². The van der Waals surface area contributed by atoms with E-state index in [1.807, 2.05) is 49.4 Å². The van der Waals surface area contributed by atoms with Crippen molar-refractivity contribution >= 4 is 11.8 Å². The maximum absolute atomic E-state index is 13.4. The Labute approximate surface area is 193 Å². The fourth-order valence-corrected chi connectivity index (χ4v) is 3.79. The molecule has 2 rings (SSSR count). The summed E-state index contributed by atoms with van der Waals surface area (Å²) in [6.45, 7) is 9.83. The van der Waals surface area contributed by atoms with Crippen molar-refractivity contribution in [1.29, 1.82) is 0 Å². The maximum Gasteiger partial charge on any atom is 0.242 e. The molecule has 1 aromatic carbocycles. The van der Waals surface area contributed by atoms with Gasteiger partial charge in [0.2, 0.25) is 11.8 Å². The summed E-state index contributed by atoms with van der Waals surface area (Å²) < 4.78 is 5.73. The molecule has 1 heterocycles. The van der Waals surface area contributed by atoms with Crippen molar-refractivity contribution in [3.05, 3.63) is 59.5 Å². The van der Waals surface area contributed by atoms with Gasteiger partial charge in [0.15, 0.2) is 0 Å². The lowest BCUT2D eigenvalue weighted by Crippen LogP contribution is -2.43. The second kappa shape index (κ2) is 13.8. The monoisotopic (exact) mass is 440 g/mol. The molecule has 0 saturated carbocycles. The van der Waals surface area contributed by atoms with Crippen molar-refractivity contribution < 1.29 is 14.0 Å². The molecule has 0 spiro atoms. The van der Waals surface area contributed by atoms with Gasteiger partial charge >= 0.3 is 0 Å². The lowest BCUT2D eigenvalue weighted by atomic mass is 10.1. The van der Waals surface area contributed by atoms with E-state index in [1.165, 1.54) is 19.3 Å². The molecule has 5 nitrogen and oxygen atoms in total. The first kappa shape index (κ1) is 25.7. The number of hydrogen-bond donors (Lipinski definition) is 0. The third-order valence-corrected chi connectivity index (χ3v) is 5.47. The Balaban J connectivity index is 2.06. The smallest absolute Gasteiger partial charge is 0.242 e. The summed E-state index contributed by atoms with van der Waals surface area (Å²) in [4.78, 5) is 29.8. The predicted molar refractivity (Wildman–Crippen MR) is 129 cm³/mol. The third kappa shape index (κ3) is 9.29. The fraction of sp³-hybridized carbons (Fsp3) is 0.556. The summed E-state index contributed by atoms with van der Waals surface area (Å²) in [5, 5.41) is 0. The lowest BCUT2D eigenvalue weighted by Gasteiger charge is -2.28. The zero-order valence-electron chi connectivity index (χ0n) is 20.3. The van der Waals surface area contributed by atoms with Crippen LogP contribution in [0.1, 0.15) is 76.4 Å². The van der Waals surface area contributed by atoms with Crippen LogP contribution in [0.3, 0.4) is 0 Å². The number of rotatable bonds is 14. The van der Waals surface area contributed by atoms with E-state index in [2.05, 4.69) is 20.8 Å². The van der Waals surface area contributed by atoms with Crippen LogP contribution in [-0.4, -0.2) is 34.7 Å². The van der Waals surface area contributed by atoms with Gasteiger partial charge in [0.05, 0.1) is 13.1 Å². The van der Waals surface area contributed by atoms with Gasteiger partial charge in [0.1, 0.15) is 11.5 Å². The zero-order valence-corrected chi connectivity index (χ0v) is 20.3. The quantitative estimate of drug-likeness (QED) is 0.341. The molecule has 176 valence electrons. The summed E-state index contributed by atoms with van der Waals surface area (Å²) in [6.07, 6.45) is 6.04. The molecule has 0 N–H and O–H groups in total. The highest BCUT2D eigenvalue weighted by molar-refractivity contribution is 5.84. The second-order valence-corrected chi connectivity index (χ2v) is 9.08. The largest absolute Gasteiger partial charge is 0.464 e. The highest BCUT2D eigenvalue weighted by atomic mass is 16.3. The molecule has 2 amide bonds. The zero-order chi connectivity index (χ0) is 23.3. The van der Waals surface area contributed by atoms with E-state index >= 15 is 0 Å². The number of benzene rings is 1. The SMILES string of the molecule is CCCCCCCC(=O)N(CC(=O)N(Cc1ccccc1)Cc1ccc(C)o1)CC(C)C. The Bertz CT molecular complexity index is 813. The minimum absolute atomic E-state index is 0.0529. The first-order valence-electron chi connectivity index (χ1n) is 12.0. The number of aryl methyl sites for hydroxylation is 1. The summed E-state index contributed by atoms with van der Waals surface area (Å²) in [5.74, 6) is 1.92. The first-order chi connectivity index (χ1) is 15.4. The molecule has 0 atom stereocenters. The minimum Gasteiger partial charge on any atom is -0.464 e. The minimum atomic E-state index is -0.0529. The molecular weight excluding hydrogens is 400 g/mol. The van der Waals surface area contributed by atoms with E-state index in [0.717, 1.165) is 29.9 Å². The van der Waals surface area contributed by atoms with Crippen molar-refractivity contribution in [2.75, 3.05) is 13.1 Å². The molecule has 1 aromatic heterocycles. The highest BCUT2D eigenvalue weighted by Gasteiger charge is 2.23. The number of carbonyl (C=O) groups excluding carboxylic acids is 2. The summed E-state index contributed by atoms with van der Waals surface area (Å²) >= 11 is 0. The maximum atomic E-state index is 13.4. The van der Waals surface area contributed by atoms with Gasteiger partial charge in [-0.2, -0.15) is 0 Å². The van der Waals surface area contributed by atoms with Crippen LogP contribution in [0.15, 0.2) is 46.9 Å². The first-order valence-corrected chi connectivity index (χ1v) is 12.0. The van der Waals surface area contributed by atoms with Crippen molar-refractivity contribution in [1.82, 2.24) is 9.80 Å². The van der Waals surface area contributed by atoms with Crippen molar-refractivity contribution in [3.8, 4) is 0 Å². The highest BCUT2D eigenvalue weighted by Crippen LogP contribution is 2.15. The molecule has 0 fully saturated rings. The number of amides is 2. The van der Waals surface area contributed by atoms with Crippen LogP contribution < -0.4 is 0 Å². The molecule has 0 aliphatic rings. The van der Waals surface area contributed by atoms with Gasteiger partial charge in [-0.25, -0.2) is 0 Å². The van der Waals surface area contributed by atoms with Gasteiger partial charge in [0, 0.05) is 19.5 Å². The summed E-state index contributed by atoms with van der Waals surface area (Å²) in [5.41, 5.74) is 1.06. The van der Waals surface area contributed by atoms with E-state index in [1.54, 1.807) is 9.80 Å². The van der Waals surface area contributed by atoms with Crippen LogP contribution in [0.4, 0.5) is 0 Å². The van der Waals surface area contributed by atoms with E-state index < -0.39 is 0 Å². The van der Waals surface area contributed by atoms with Crippen LogP contribution >= 0.6 is 0 Å². The number of furan rings is 1. The normalized spacial score (nSPS) is 11.0. The predicted octanol–water partition coefficient (Wildman–Crippen LogP) is 5.96. The molecule has 5 heteroatoms. The summed E-state index contributed by atoms with van der Waals surface area (Å²) in [7, 11) is 0. The van der Waals surface area contributed by atoms with E-state index in [9.17, 15) is 9.59 Å². The van der Waals surface area contributed by atoms with Crippen LogP contribution in [0.2, 0.25) is 0 Å². The Hall–Kier alpha value is -2.56. The van der Waals surface area contributed by atoms with Gasteiger partial charge in [0.25, 0.3) is 0 Å². The lowest BCUT2D eigenvalue weighted by molar-refractivity contribution is -0.141. The Morgan fingerprint density at radius 3 is 2.22 bits per heavy atom. The van der Waals surface area contributed by atoms with Crippen molar-refractivity contribution in [2.24, 2.45) is 5.92 Å². The fourth-order valence-electron chi connectivity index (χ4n) is 3.79. The molecular formula is C27H40N2O3. The number of unbranched alkanes of at least 4 members (excludes halogenated alkanes) is 4. The molecule has 32 heavy (non-hydrogen) atoms. The Morgan fingerprint density at radius 2 is 1.59 bits per heavy atom.